The van der Waals surface area contributed by atoms with Crippen LogP contribution in [-0.4, -0.2) is 69.0 Å². The van der Waals surface area contributed by atoms with Crippen molar-refractivity contribution >= 4 is 40.6 Å². The first-order chi connectivity index (χ1) is 18.3. The molecule has 2 rings (SSSR count). The number of nitrogens with two attached hydrogens (primary N) is 1. The summed E-state index contributed by atoms with van der Waals surface area (Å²) < 4.78 is 0. The fourth-order valence-electron chi connectivity index (χ4n) is 4.22. The van der Waals surface area contributed by atoms with Gasteiger partial charge in [0.15, 0.2) is 0 Å². The molecule has 39 heavy (non-hydrogen) atoms. The minimum absolute atomic E-state index is 0.0188. The van der Waals surface area contributed by atoms with Crippen molar-refractivity contribution in [3.63, 3.8) is 0 Å². The Kier molecular flexibility index (Phi) is 11.5. The van der Waals surface area contributed by atoms with Crippen LogP contribution in [0.2, 0.25) is 0 Å². The molecule has 0 fully saturated rings. The minimum atomic E-state index is -1.70. The molecule has 5 atom stereocenters. The van der Waals surface area contributed by atoms with E-state index in [0.29, 0.717) is 18.4 Å². The van der Waals surface area contributed by atoms with Gasteiger partial charge in [0, 0.05) is 23.5 Å². The molecule has 0 saturated carbocycles. The topological polar surface area (TPSA) is 204 Å². The molecule has 5 unspecified atom stereocenters. The maximum atomic E-state index is 13.5. The lowest BCUT2D eigenvalue weighted by molar-refractivity contribution is -0.147. The molecule has 0 aliphatic carbocycles. The zero-order valence-corrected chi connectivity index (χ0v) is 22.7. The molecule has 1 aromatic heterocycles. The van der Waals surface area contributed by atoms with Crippen molar-refractivity contribution in [3.8, 4) is 0 Å². The van der Waals surface area contributed by atoms with Gasteiger partial charge in [-0.3, -0.25) is 19.2 Å². The molecule has 0 aliphatic rings. The molecule has 2 aromatic rings. The summed E-state index contributed by atoms with van der Waals surface area (Å²) in [6, 6.07) is 2.54. The molecule has 12 nitrogen and oxygen atoms in total. The number of benzene rings is 1. The van der Waals surface area contributed by atoms with Gasteiger partial charge in [0.25, 0.3) is 0 Å². The molecule has 0 aliphatic heterocycles. The average molecular weight is 546 g/mol. The van der Waals surface area contributed by atoms with Gasteiger partial charge in [0.1, 0.15) is 18.1 Å². The normalized spacial score (nSPS) is 15.1. The number of aliphatic carboxylic acids is 2. The van der Waals surface area contributed by atoms with Crippen LogP contribution in [0.3, 0.4) is 0 Å². The number of fused-ring (bicyclic) bond motifs is 1. The molecule has 3 amide bonds. The highest BCUT2D eigenvalue weighted by Crippen LogP contribution is 2.20. The lowest BCUT2D eigenvalue weighted by Crippen LogP contribution is -2.59. The molecule has 0 radical (unpaired) electrons. The molecule has 0 spiro atoms. The van der Waals surface area contributed by atoms with Gasteiger partial charge in [-0.15, -0.1) is 0 Å². The Morgan fingerprint density at radius 1 is 0.923 bits per heavy atom. The first-order valence-electron chi connectivity index (χ1n) is 13.0. The van der Waals surface area contributed by atoms with Crippen molar-refractivity contribution in [1.82, 2.24) is 20.9 Å². The van der Waals surface area contributed by atoms with E-state index in [4.69, 9.17) is 10.8 Å². The third kappa shape index (κ3) is 9.10. The van der Waals surface area contributed by atoms with Gasteiger partial charge in [-0.25, -0.2) is 4.79 Å². The summed E-state index contributed by atoms with van der Waals surface area (Å²) in [5.41, 5.74) is 7.49. The number of para-hydroxylation sites is 1. The van der Waals surface area contributed by atoms with Crippen molar-refractivity contribution in [2.45, 2.75) is 77.5 Å². The van der Waals surface area contributed by atoms with Gasteiger partial charge in [-0.1, -0.05) is 52.3 Å². The maximum Gasteiger partial charge on any atom is 0.326 e. The van der Waals surface area contributed by atoms with Gasteiger partial charge in [-0.05, 0) is 29.9 Å². The van der Waals surface area contributed by atoms with Crippen LogP contribution >= 0.6 is 0 Å². The maximum absolute atomic E-state index is 13.5. The third-order valence-electron chi connectivity index (χ3n) is 6.58. The van der Waals surface area contributed by atoms with E-state index >= 15 is 0 Å². The first kappa shape index (κ1) is 31.3. The van der Waals surface area contributed by atoms with Crippen molar-refractivity contribution in [2.24, 2.45) is 17.6 Å². The second-order valence-electron chi connectivity index (χ2n) is 10.2. The van der Waals surface area contributed by atoms with Crippen LogP contribution in [0, 0.1) is 11.8 Å². The second kappa shape index (κ2) is 14.3. The fourth-order valence-corrected chi connectivity index (χ4v) is 4.22. The highest BCUT2D eigenvalue weighted by Gasteiger charge is 2.33. The van der Waals surface area contributed by atoms with Crippen molar-refractivity contribution < 1.29 is 34.2 Å². The van der Waals surface area contributed by atoms with Gasteiger partial charge < -0.3 is 36.9 Å². The van der Waals surface area contributed by atoms with E-state index in [1.54, 1.807) is 13.1 Å². The van der Waals surface area contributed by atoms with E-state index in [1.807, 2.05) is 45.0 Å². The quantitative estimate of drug-likeness (QED) is 0.172. The number of carbonyl (C=O) groups is 5. The number of nitrogens with one attached hydrogen (secondary N) is 4. The Balaban J connectivity index is 2.34. The number of amides is 3. The summed E-state index contributed by atoms with van der Waals surface area (Å²) in [6.45, 7) is 7.48. The molecule has 8 N–H and O–H groups in total. The number of rotatable bonds is 15. The van der Waals surface area contributed by atoms with Gasteiger partial charge >= 0.3 is 11.9 Å². The summed E-state index contributed by atoms with van der Waals surface area (Å²) in [7, 11) is 0. The Morgan fingerprint density at radius 2 is 1.56 bits per heavy atom. The summed E-state index contributed by atoms with van der Waals surface area (Å²) in [6.07, 6.45) is 1.79. The van der Waals surface area contributed by atoms with Crippen molar-refractivity contribution in [1.29, 1.82) is 0 Å². The molecule has 0 bridgehead atoms. The number of carbonyl (C=O) groups excluding carboxylic acids is 3. The second-order valence-corrected chi connectivity index (χ2v) is 10.2. The van der Waals surface area contributed by atoms with E-state index < -0.39 is 60.2 Å². The predicted octanol–water partition coefficient (Wildman–Crippen LogP) is 1.14. The monoisotopic (exact) mass is 545 g/mol. The van der Waals surface area contributed by atoms with Gasteiger partial charge in [0.2, 0.25) is 17.7 Å². The van der Waals surface area contributed by atoms with Crippen LogP contribution < -0.4 is 21.7 Å². The van der Waals surface area contributed by atoms with E-state index in [9.17, 15) is 29.1 Å². The molecular weight excluding hydrogens is 506 g/mol. The van der Waals surface area contributed by atoms with E-state index in [0.717, 1.165) is 10.9 Å². The Labute approximate surface area is 227 Å². The highest BCUT2D eigenvalue weighted by molar-refractivity contribution is 5.95. The SMILES string of the molecule is CCC(C)C(NC(=O)C(N)CC(C)C)C(=O)NC(Cc1c[nH]c2ccccc12)C(=O)NC(CC(=O)O)C(=O)O. The van der Waals surface area contributed by atoms with Gasteiger partial charge in [-0.2, -0.15) is 0 Å². The number of H-pyrrole nitrogens is 1. The number of aromatic amines is 1. The Morgan fingerprint density at radius 3 is 2.15 bits per heavy atom. The highest BCUT2D eigenvalue weighted by atomic mass is 16.4. The Hall–Kier alpha value is -3.93. The zero-order valence-electron chi connectivity index (χ0n) is 22.7. The summed E-state index contributed by atoms with van der Waals surface area (Å²) in [4.78, 5) is 65.2. The van der Waals surface area contributed by atoms with Crippen LogP contribution in [0.4, 0.5) is 0 Å². The molecular formula is C27H39N5O7. The summed E-state index contributed by atoms with van der Waals surface area (Å²) >= 11 is 0. The van der Waals surface area contributed by atoms with Gasteiger partial charge in [0.05, 0.1) is 12.5 Å². The van der Waals surface area contributed by atoms with Crippen LogP contribution in [-0.2, 0) is 30.4 Å². The van der Waals surface area contributed by atoms with Crippen LogP contribution in [0.15, 0.2) is 30.5 Å². The first-order valence-corrected chi connectivity index (χ1v) is 13.0. The average Bonchev–Trinajstić information content (AvgIpc) is 3.27. The standard InChI is InChI=1S/C27H39N5O7/c1-5-15(4)23(32-24(35)18(28)10-14(2)3)26(37)30-20(25(36)31-21(27(38)39)12-22(33)34)11-16-13-29-19-9-7-6-8-17(16)19/h6-9,13-15,18,20-21,23,29H,5,10-12,28H2,1-4H3,(H,30,37)(H,31,36)(H,32,35)(H,33,34)(H,38,39). The third-order valence-corrected chi connectivity index (χ3v) is 6.58. The van der Waals surface area contributed by atoms with E-state index in [-0.39, 0.29) is 18.3 Å². The zero-order chi connectivity index (χ0) is 29.3. The smallest absolute Gasteiger partial charge is 0.326 e. The van der Waals surface area contributed by atoms with E-state index in [1.165, 1.54) is 0 Å². The summed E-state index contributed by atoms with van der Waals surface area (Å²) in [5, 5.41) is 26.9. The Bertz CT molecular complexity index is 1180. The van der Waals surface area contributed by atoms with Crippen molar-refractivity contribution in [2.75, 3.05) is 0 Å². The largest absolute Gasteiger partial charge is 0.481 e. The lowest BCUT2D eigenvalue weighted by Gasteiger charge is -2.28. The molecule has 1 heterocycles. The number of carboxylic acid groups (broad SMARTS) is 2. The lowest BCUT2D eigenvalue weighted by atomic mass is 9.96. The van der Waals surface area contributed by atoms with Crippen molar-refractivity contribution in [3.05, 3.63) is 36.0 Å². The number of hydrogen-bond donors (Lipinski definition) is 7. The number of carboxylic acids is 2. The van der Waals surface area contributed by atoms with Crippen LogP contribution in [0.5, 0.6) is 0 Å². The van der Waals surface area contributed by atoms with Crippen LogP contribution in [0.1, 0.15) is 52.5 Å². The molecule has 0 saturated heterocycles. The van der Waals surface area contributed by atoms with E-state index in [2.05, 4.69) is 20.9 Å². The van der Waals surface area contributed by atoms with Crippen LogP contribution in [0.25, 0.3) is 10.9 Å². The molecule has 1 aromatic carbocycles. The molecule has 214 valence electrons. The number of aromatic nitrogens is 1. The summed E-state index contributed by atoms with van der Waals surface area (Å²) in [5.74, 6) is -5.07. The fraction of sp³-hybridized carbons (Fsp3) is 0.519. The minimum Gasteiger partial charge on any atom is -0.481 e. The molecule has 12 heteroatoms. The predicted molar refractivity (Wildman–Crippen MR) is 145 cm³/mol. The number of hydrogen-bond acceptors (Lipinski definition) is 6.